The lowest BCUT2D eigenvalue weighted by Gasteiger charge is -2.40. The number of fused-ring (bicyclic) bond motifs is 2. The molecule has 0 saturated carbocycles. The molecule has 0 radical (unpaired) electrons. The Kier molecular flexibility index (Phi) is 8.65. The van der Waals surface area contributed by atoms with Crippen molar-refractivity contribution in [2.75, 3.05) is 38.5 Å². The van der Waals surface area contributed by atoms with Crippen LogP contribution in [0.5, 0.6) is 0 Å². The molecule has 2 aromatic carbocycles. The van der Waals surface area contributed by atoms with Crippen LogP contribution >= 0.6 is 0 Å². The Labute approximate surface area is 253 Å². The molecule has 6 rings (SSSR count). The molecule has 10 heteroatoms. The van der Waals surface area contributed by atoms with Crippen LogP contribution in [0.25, 0.3) is 10.9 Å². The van der Waals surface area contributed by atoms with Crippen LogP contribution in [0.2, 0.25) is 0 Å². The van der Waals surface area contributed by atoms with Gasteiger partial charge in [-0.3, -0.25) is 9.89 Å². The molecule has 228 valence electrons. The first kappa shape index (κ1) is 29.2. The van der Waals surface area contributed by atoms with Gasteiger partial charge in [-0.15, -0.1) is 0 Å². The van der Waals surface area contributed by atoms with E-state index in [1.807, 2.05) is 35.4 Å². The monoisotopic (exact) mass is 585 g/mol. The van der Waals surface area contributed by atoms with Gasteiger partial charge in [0.2, 0.25) is 0 Å². The summed E-state index contributed by atoms with van der Waals surface area (Å²) in [6, 6.07) is 11.3. The Morgan fingerprint density at radius 3 is 2.60 bits per heavy atom. The first-order chi connectivity index (χ1) is 20.9. The lowest BCUT2D eigenvalue weighted by atomic mass is 9.88. The highest BCUT2D eigenvalue weighted by atomic mass is 16.2. The van der Waals surface area contributed by atoms with Crippen LogP contribution in [0.15, 0.2) is 42.6 Å². The topological polar surface area (TPSA) is 114 Å². The maximum atomic E-state index is 13.8. The van der Waals surface area contributed by atoms with E-state index in [0.29, 0.717) is 51.2 Å². The van der Waals surface area contributed by atoms with E-state index in [-0.39, 0.29) is 23.9 Å². The van der Waals surface area contributed by atoms with Crippen molar-refractivity contribution in [3.63, 3.8) is 0 Å². The predicted octanol–water partition coefficient (Wildman–Crippen LogP) is 4.56. The number of aromatic nitrogens is 2. The van der Waals surface area contributed by atoms with Crippen molar-refractivity contribution in [3.8, 4) is 0 Å². The van der Waals surface area contributed by atoms with E-state index < -0.39 is 6.04 Å². The number of Topliss-reactive ketones (excluding diaryl/α,β-unsaturated/α-hetero) is 1. The van der Waals surface area contributed by atoms with Gasteiger partial charge in [0.05, 0.1) is 17.8 Å². The second kappa shape index (κ2) is 12.8. The van der Waals surface area contributed by atoms with Crippen molar-refractivity contribution in [2.45, 2.75) is 70.5 Å². The highest BCUT2D eigenvalue weighted by Gasteiger charge is 2.34. The van der Waals surface area contributed by atoms with Crippen molar-refractivity contribution < 1.29 is 14.4 Å². The Hall–Kier alpha value is -3.92. The number of piperidine rings is 2. The molecule has 3 aliphatic rings. The fourth-order valence-electron chi connectivity index (χ4n) is 6.91. The largest absolute Gasteiger partial charge is 0.328 e. The molecule has 0 spiro atoms. The van der Waals surface area contributed by atoms with E-state index >= 15 is 0 Å². The molecule has 2 saturated heterocycles. The maximum absolute atomic E-state index is 13.8. The molecule has 1 atom stereocenters. The zero-order valence-electron chi connectivity index (χ0n) is 25.3. The highest BCUT2D eigenvalue weighted by molar-refractivity contribution is 5.92. The second-order valence-electron chi connectivity index (χ2n) is 12.5. The first-order valence-corrected chi connectivity index (χ1v) is 15.7. The van der Waals surface area contributed by atoms with Gasteiger partial charge in [0.15, 0.2) is 5.78 Å². The Morgan fingerprint density at radius 2 is 1.84 bits per heavy atom. The molecular formula is C33H43N7O3. The van der Waals surface area contributed by atoms with Crippen molar-refractivity contribution in [1.82, 2.24) is 30.2 Å². The minimum atomic E-state index is -0.594. The molecule has 4 amide bonds. The summed E-state index contributed by atoms with van der Waals surface area (Å²) in [6.45, 7) is 5.77. The molecule has 1 unspecified atom stereocenters. The SMILES string of the molecule is CCc1cc(CC(NC(=O)N2CCC(N3Cc4ccccc4NC3=O)CC2)C(=O)CC2CCN(C)CC2)cc2cn[nH]c12. The number of aryl methyl sites for hydroxylation is 1. The number of H-pyrrole nitrogens is 1. The Bertz CT molecular complexity index is 1470. The lowest BCUT2D eigenvalue weighted by molar-refractivity contribution is -0.122. The molecule has 3 aliphatic heterocycles. The summed E-state index contributed by atoms with van der Waals surface area (Å²) >= 11 is 0. The number of likely N-dealkylation sites (tertiary alicyclic amines) is 2. The van der Waals surface area contributed by atoms with E-state index in [0.717, 1.165) is 65.6 Å². The minimum absolute atomic E-state index is 0.0634. The van der Waals surface area contributed by atoms with E-state index in [1.54, 1.807) is 4.90 Å². The summed E-state index contributed by atoms with van der Waals surface area (Å²) in [6.07, 6.45) is 7.02. The number of amides is 4. The van der Waals surface area contributed by atoms with Crippen LogP contribution in [0.1, 0.15) is 55.7 Å². The van der Waals surface area contributed by atoms with E-state index in [2.05, 4.69) is 51.8 Å². The summed E-state index contributed by atoms with van der Waals surface area (Å²) in [5.41, 5.74) is 5.19. The van der Waals surface area contributed by atoms with Crippen molar-refractivity contribution >= 4 is 34.4 Å². The summed E-state index contributed by atoms with van der Waals surface area (Å²) in [4.78, 5) is 46.2. The lowest BCUT2D eigenvalue weighted by Crippen LogP contribution is -2.54. The van der Waals surface area contributed by atoms with Crippen LogP contribution in [0.3, 0.4) is 0 Å². The van der Waals surface area contributed by atoms with Crippen LogP contribution in [0.4, 0.5) is 15.3 Å². The van der Waals surface area contributed by atoms with Gasteiger partial charge < -0.3 is 25.3 Å². The third-order valence-electron chi connectivity index (χ3n) is 9.58. The van der Waals surface area contributed by atoms with Crippen molar-refractivity contribution in [1.29, 1.82) is 0 Å². The average molecular weight is 586 g/mol. The number of carbonyl (C=O) groups excluding carboxylic acids is 3. The summed E-state index contributed by atoms with van der Waals surface area (Å²) in [5.74, 6) is 0.453. The number of nitrogens with one attached hydrogen (secondary N) is 3. The molecule has 2 fully saturated rings. The third kappa shape index (κ3) is 6.54. The number of hydrogen-bond acceptors (Lipinski definition) is 5. The van der Waals surface area contributed by atoms with Gasteiger partial charge in [0, 0.05) is 43.2 Å². The van der Waals surface area contributed by atoms with Gasteiger partial charge in [-0.05, 0) is 93.4 Å². The number of nitrogens with zero attached hydrogens (tertiary/aromatic N) is 4. The number of para-hydroxylation sites is 1. The predicted molar refractivity (Wildman–Crippen MR) is 167 cm³/mol. The number of aromatic amines is 1. The first-order valence-electron chi connectivity index (χ1n) is 15.7. The molecule has 0 aliphatic carbocycles. The normalized spacial score (nSPS) is 19.3. The Morgan fingerprint density at radius 1 is 1.07 bits per heavy atom. The standard InChI is InChI=1S/C33H43N7O3/c1-3-24-16-23(17-26-20-34-37-31(24)26)18-29(30(41)19-22-8-12-38(2)13-9-22)36-32(42)39-14-10-27(11-15-39)40-21-25-6-4-5-7-28(25)35-33(40)43/h4-7,16-17,20,22,27,29H,3,8-15,18-19,21H2,1-2H3,(H,34,37)(H,35,43)(H,36,42). The molecule has 3 aromatic rings. The van der Waals surface area contributed by atoms with Gasteiger partial charge in [-0.25, -0.2) is 9.59 Å². The van der Waals surface area contributed by atoms with Gasteiger partial charge >= 0.3 is 12.1 Å². The van der Waals surface area contributed by atoms with Crippen LogP contribution in [-0.2, 0) is 24.2 Å². The molecule has 43 heavy (non-hydrogen) atoms. The van der Waals surface area contributed by atoms with Crippen molar-refractivity contribution in [3.05, 3.63) is 59.3 Å². The van der Waals surface area contributed by atoms with Gasteiger partial charge in [0.25, 0.3) is 0 Å². The number of ketones is 1. The maximum Gasteiger partial charge on any atom is 0.322 e. The van der Waals surface area contributed by atoms with Crippen LogP contribution in [-0.4, -0.2) is 88.1 Å². The quantitative estimate of drug-likeness (QED) is 0.359. The highest BCUT2D eigenvalue weighted by Crippen LogP contribution is 2.28. The fraction of sp³-hybridized carbons (Fsp3) is 0.515. The van der Waals surface area contributed by atoms with E-state index in [9.17, 15) is 14.4 Å². The molecule has 4 heterocycles. The molecule has 3 N–H and O–H groups in total. The number of rotatable bonds is 8. The van der Waals surface area contributed by atoms with Crippen LogP contribution in [0, 0.1) is 5.92 Å². The van der Waals surface area contributed by atoms with Gasteiger partial charge in [-0.2, -0.15) is 5.10 Å². The average Bonchev–Trinajstić information content (AvgIpc) is 3.50. The van der Waals surface area contributed by atoms with Gasteiger partial charge in [0.1, 0.15) is 0 Å². The third-order valence-corrected chi connectivity index (χ3v) is 9.58. The smallest absolute Gasteiger partial charge is 0.322 e. The number of carbonyl (C=O) groups is 3. The number of urea groups is 2. The molecule has 10 nitrogen and oxygen atoms in total. The van der Waals surface area contributed by atoms with E-state index in [1.165, 1.54) is 0 Å². The molecular weight excluding hydrogens is 542 g/mol. The van der Waals surface area contributed by atoms with Crippen LogP contribution < -0.4 is 10.6 Å². The minimum Gasteiger partial charge on any atom is -0.328 e. The Balaban J connectivity index is 1.12. The summed E-state index contributed by atoms with van der Waals surface area (Å²) in [7, 11) is 2.12. The summed E-state index contributed by atoms with van der Waals surface area (Å²) < 4.78 is 0. The summed E-state index contributed by atoms with van der Waals surface area (Å²) in [5, 5.41) is 14.5. The number of hydrogen-bond donors (Lipinski definition) is 3. The zero-order valence-corrected chi connectivity index (χ0v) is 25.3. The number of benzene rings is 2. The van der Waals surface area contributed by atoms with Gasteiger partial charge in [-0.1, -0.05) is 31.2 Å². The zero-order chi connectivity index (χ0) is 29.9. The fourth-order valence-corrected chi connectivity index (χ4v) is 6.91. The van der Waals surface area contributed by atoms with E-state index in [4.69, 9.17) is 0 Å². The van der Waals surface area contributed by atoms with Crippen molar-refractivity contribution in [2.24, 2.45) is 5.92 Å². The second-order valence-corrected chi connectivity index (χ2v) is 12.5. The number of anilines is 1. The molecule has 1 aromatic heterocycles. The molecule has 0 bridgehead atoms.